The second-order valence-electron chi connectivity index (χ2n) is 11.0. The third-order valence-electron chi connectivity index (χ3n) is 6.20. The van der Waals surface area contributed by atoms with Crippen LogP contribution in [-0.4, -0.2) is 51.1 Å². The lowest BCUT2D eigenvalue weighted by atomic mass is 9.91. The van der Waals surface area contributed by atoms with E-state index in [0.29, 0.717) is 23.8 Å². The number of piperidine rings is 1. The van der Waals surface area contributed by atoms with Gasteiger partial charge in [-0.2, -0.15) is 5.10 Å². The number of carbonyl (C=O) groups excluding carboxylic acids is 2. The van der Waals surface area contributed by atoms with Crippen LogP contribution in [0.2, 0.25) is 0 Å². The topological polar surface area (TPSA) is 128 Å². The number of hydrogen-bond donors (Lipinski definition) is 4. The van der Waals surface area contributed by atoms with Gasteiger partial charge in [0.1, 0.15) is 17.5 Å². The first kappa shape index (κ1) is 28.4. The summed E-state index contributed by atoms with van der Waals surface area (Å²) in [5, 5.41) is 17.2. The van der Waals surface area contributed by atoms with E-state index in [-0.39, 0.29) is 23.3 Å². The van der Waals surface area contributed by atoms with E-state index in [9.17, 15) is 9.59 Å². The highest BCUT2D eigenvalue weighted by molar-refractivity contribution is 7.99. The van der Waals surface area contributed by atoms with E-state index < -0.39 is 0 Å². The summed E-state index contributed by atoms with van der Waals surface area (Å²) in [5.74, 6) is 2.34. The molecule has 1 aliphatic rings. The maximum absolute atomic E-state index is 12.4. The van der Waals surface area contributed by atoms with Crippen molar-refractivity contribution in [1.82, 2.24) is 25.5 Å². The molecule has 10 nitrogen and oxygen atoms in total. The molecule has 39 heavy (non-hydrogen) atoms. The standard InChI is InChI=1S/C28H38N8O2S/c1-6-25(37)29-19-7-9-21(10-8-19)39-27-32-22(31-23-15-18(2)34-35-23)16-24(33-27)36-13-11-20(12-14-36)30-26(38)17-28(3,4)5/h7-10,15-16,20H,6,11-14,17H2,1-5H3,(H,29,37)(H,30,38)(H2,31,32,33,34,35). The number of anilines is 4. The fourth-order valence-electron chi connectivity index (χ4n) is 4.28. The molecule has 11 heteroatoms. The summed E-state index contributed by atoms with van der Waals surface area (Å²) in [6.07, 6.45) is 2.67. The molecule has 1 aliphatic heterocycles. The van der Waals surface area contributed by atoms with E-state index >= 15 is 0 Å². The van der Waals surface area contributed by atoms with Gasteiger partial charge in [-0.15, -0.1) is 0 Å². The van der Waals surface area contributed by atoms with Gasteiger partial charge >= 0.3 is 0 Å². The van der Waals surface area contributed by atoms with Crippen LogP contribution in [0.3, 0.4) is 0 Å². The minimum absolute atomic E-state index is 0.0197. The number of carbonyl (C=O) groups is 2. The molecule has 2 aromatic heterocycles. The summed E-state index contributed by atoms with van der Waals surface area (Å²) in [6, 6.07) is 11.7. The number of aromatic nitrogens is 4. The van der Waals surface area contributed by atoms with Crippen LogP contribution >= 0.6 is 11.8 Å². The van der Waals surface area contributed by atoms with Gasteiger partial charge < -0.3 is 20.9 Å². The van der Waals surface area contributed by atoms with Crippen molar-refractivity contribution in [3.63, 3.8) is 0 Å². The van der Waals surface area contributed by atoms with E-state index in [1.807, 2.05) is 50.2 Å². The van der Waals surface area contributed by atoms with Gasteiger partial charge in [0, 0.05) is 54.7 Å². The number of nitrogens with zero attached hydrogens (tertiary/aromatic N) is 4. The predicted molar refractivity (Wildman–Crippen MR) is 156 cm³/mol. The first-order valence-corrected chi connectivity index (χ1v) is 14.2. The molecule has 4 rings (SSSR count). The summed E-state index contributed by atoms with van der Waals surface area (Å²) >= 11 is 1.46. The van der Waals surface area contributed by atoms with Crippen molar-refractivity contribution in [3.8, 4) is 0 Å². The number of benzene rings is 1. The Morgan fingerprint density at radius 1 is 1.08 bits per heavy atom. The molecule has 2 amide bonds. The van der Waals surface area contributed by atoms with Gasteiger partial charge in [-0.25, -0.2) is 9.97 Å². The molecule has 0 bridgehead atoms. The van der Waals surface area contributed by atoms with Gasteiger partial charge in [-0.05, 0) is 61.2 Å². The number of aryl methyl sites for hydroxylation is 1. The van der Waals surface area contributed by atoms with Crippen molar-refractivity contribution in [3.05, 3.63) is 42.1 Å². The molecule has 0 spiro atoms. The molecule has 3 heterocycles. The molecule has 0 radical (unpaired) electrons. The van der Waals surface area contributed by atoms with Gasteiger partial charge in [0.05, 0.1) is 5.69 Å². The zero-order valence-electron chi connectivity index (χ0n) is 23.3. The van der Waals surface area contributed by atoms with Crippen molar-refractivity contribution in [2.75, 3.05) is 28.6 Å². The number of hydrogen-bond acceptors (Lipinski definition) is 8. The predicted octanol–water partition coefficient (Wildman–Crippen LogP) is 5.27. The summed E-state index contributed by atoms with van der Waals surface area (Å²) in [6.45, 7) is 11.6. The zero-order chi connectivity index (χ0) is 28.0. The van der Waals surface area contributed by atoms with Gasteiger partial charge in [-0.3, -0.25) is 14.7 Å². The lowest BCUT2D eigenvalue weighted by molar-refractivity contribution is -0.123. The lowest BCUT2D eigenvalue weighted by Crippen LogP contribution is -2.45. The average molecular weight is 551 g/mol. The van der Waals surface area contributed by atoms with Crippen LogP contribution in [-0.2, 0) is 9.59 Å². The second kappa shape index (κ2) is 12.5. The fraction of sp³-hybridized carbons (Fsp3) is 0.464. The van der Waals surface area contributed by atoms with Crippen molar-refractivity contribution in [1.29, 1.82) is 0 Å². The Hall–Kier alpha value is -3.60. The maximum Gasteiger partial charge on any atom is 0.224 e. The largest absolute Gasteiger partial charge is 0.356 e. The smallest absolute Gasteiger partial charge is 0.224 e. The van der Waals surface area contributed by atoms with Crippen LogP contribution in [0.5, 0.6) is 0 Å². The van der Waals surface area contributed by atoms with Crippen molar-refractivity contribution < 1.29 is 9.59 Å². The van der Waals surface area contributed by atoms with E-state index in [1.54, 1.807) is 0 Å². The van der Waals surface area contributed by atoms with Gasteiger partial charge in [0.2, 0.25) is 11.8 Å². The van der Waals surface area contributed by atoms with Gasteiger partial charge in [0.15, 0.2) is 5.16 Å². The first-order valence-electron chi connectivity index (χ1n) is 13.4. The highest BCUT2D eigenvalue weighted by Crippen LogP contribution is 2.31. The van der Waals surface area contributed by atoms with Gasteiger partial charge in [0.25, 0.3) is 0 Å². The Bertz CT molecular complexity index is 1280. The first-order chi connectivity index (χ1) is 18.6. The minimum atomic E-state index is -0.0276. The SMILES string of the molecule is CCC(=O)Nc1ccc(Sc2nc(Nc3cc(C)n[nH]3)cc(N3CCC(NC(=O)CC(C)(C)C)CC3)n2)cc1. The Morgan fingerprint density at radius 3 is 2.41 bits per heavy atom. The van der Waals surface area contributed by atoms with Crippen molar-refractivity contribution in [2.24, 2.45) is 5.41 Å². The quantitative estimate of drug-likeness (QED) is 0.265. The van der Waals surface area contributed by atoms with E-state index in [2.05, 4.69) is 51.8 Å². The zero-order valence-corrected chi connectivity index (χ0v) is 24.1. The van der Waals surface area contributed by atoms with Gasteiger partial charge in [-0.1, -0.05) is 27.7 Å². The highest BCUT2D eigenvalue weighted by atomic mass is 32.2. The second-order valence-corrected chi connectivity index (χ2v) is 12.1. The number of H-pyrrole nitrogens is 1. The fourth-order valence-corrected chi connectivity index (χ4v) is 5.05. The molecule has 0 saturated carbocycles. The highest BCUT2D eigenvalue weighted by Gasteiger charge is 2.24. The molecule has 208 valence electrons. The van der Waals surface area contributed by atoms with E-state index in [4.69, 9.17) is 9.97 Å². The molecule has 1 fully saturated rings. The average Bonchev–Trinajstić information content (AvgIpc) is 3.28. The Balaban J connectivity index is 1.47. The summed E-state index contributed by atoms with van der Waals surface area (Å²) in [5.41, 5.74) is 1.61. The number of nitrogens with one attached hydrogen (secondary N) is 4. The van der Waals surface area contributed by atoms with Crippen LogP contribution in [0.1, 0.15) is 59.1 Å². The number of amides is 2. The monoisotopic (exact) mass is 550 g/mol. The normalized spacial score (nSPS) is 14.2. The molecule has 1 saturated heterocycles. The molecule has 0 aliphatic carbocycles. The van der Waals surface area contributed by atoms with E-state index in [0.717, 1.165) is 53.8 Å². The Labute approximate surface area is 234 Å². The molecule has 3 aromatic rings. The molecule has 1 aromatic carbocycles. The van der Waals surface area contributed by atoms with Crippen molar-refractivity contribution in [2.45, 2.75) is 76.4 Å². The van der Waals surface area contributed by atoms with Crippen LogP contribution < -0.4 is 20.9 Å². The summed E-state index contributed by atoms with van der Waals surface area (Å²) in [4.78, 5) is 36.9. The van der Waals surface area contributed by atoms with Crippen LogP contribution in [0.4, 0.5) is 23.1 Å². The van der Waals surface area contributed by atoms with Crippen molar-refractivity contribution >= 4 is 46.7 Å². The number of rotatable bonds is 9. The maximum atomic E-state index is 12.4. The minimum Gasteiger partial charge on any atom is -0.356 e. The Kier molecular flexibility index (Phi) is 9.11. The third kappa shape index (κ3) is 8.71. The molecule has 4 N–H and O–H groups in total. The van der Waals surface area contributed by atoms with Crippen LogP contribution in [0, 0.1) is 12.3 Å². The molecular formula is C28H38N8O2S. The van der Waals surface area contributed by atoms with Crippen LogP contribution in [0.15, 0.2) is 46.5 Å². The lowest BCUT2D eigenvalue weighted by Gasteiger charge is -2.33. The van der Waals surface area contributed by atoms with E-state index in [1.165, 1.54) is 11.8 Å². The Morgan fingerprint density at radius 2 is 1.79 bits per heavy atom. The summed E-state index contributed by atoms with van der Waals surface area (Å²) < 4.78 is 0. The van der Waals surface area contributed by atoms with Crippen LogP contribution in [0.25, 0.3) is 0 Å². The number of aromatic amines is 1. The molecule has 0 atom stereocenters. The molecular weight excluding hydrogens is 512 g/mol. The molecule has 0 unspecified atom stereocenters. The third-order valence-corrected chi connectivity index (χ3v) is 7.08. The summed E-state index contributed by atoms with van der Waals surface area (Å²) in [7, 11) is 0.